The number of carbonyl (C=O) groups excluding carboxylic acids is 1. The lowest BCUT2D eigenvalue weighted by atomic mass is 10.1. The van der Waals surface area contributed by atoms with Gasteiger partial charge >= 0.3 is 0 Å². The summed E-state index contributed by atoms with van der Waals surface area (Å²) < 4.78 is 16.6. The third-order valence-electron chi connectivity index (χ3n) is 5.07. The third kappa shape index (κ3) is 4.75. The van der Waals surface area contributed by atoms with E-state index in [-0.39, 0.29) is 5.91 Å². The number of rotatable bonds is 7. The average Bonchev–Trinajstić information content (AvgIpc) is 2.77. The van der Waals surface area contributed by atoms with Gasteiger partial charge in [0.2, 0.25) is 0 Å². The number of nitrogens with zero attached hydrogens (tertiary/aromatic N) is 2. The fourth-order valence-electron chi connectivity index (χ4n) is 3.33. The van der Waals surface area contributed by atoms with Crippen molar-refractivity contribution in [1.82, 2.24) is 9.80 Å². The molecule has 1 fully saturated rings. The van der Waals surface area contributed by atoms with E-state index in [9.17, 15) is 4.79 Å². The van der Waals surface area contributed by atoms with Crippen LogP contribution in [0.1, 0.15) is 22.8 Å². The number of piperazine rings is 1. The Balaban J connectivity index is 1.71. The Morgan fingerprint density at radius 1 is 0.964 bits per heavy atom. The quantitative estimate of drug-likeness (QED) is 0.734. The molecule has 6 nitrogen and oxygen atoms in total. The molecular weight excluding hydrogens is 356 g/mol. The number of amides is 1. The molecule has 0 spiro atoms. The molecule has 0 unspecified atom stereocenters. The smallest absolute Gasteiger partial charge is 0.253 e. The van der Waals surface area contributed by atoms with Crippen LogP contribution in [0.3, 0.4) is 0 Å². The molecule has 3 rings (SSSR count). The molecular formula is C22H28N2O4. The van der Waals surface area contributed by atoms with Gasteiger partial charge in [-0.25, -0.2) is 0 Å². The predicted molar refractivity (Wildman–Crippen MR) is 108 cm³/mol. The van der Waals surface area contributed by atoms with Crippen LogP contribution in [0.4, 0.5) is 0 Å². The van der Waals surface area contributed by atoms with E-state index in [1.165, 1.54) is 0 Å². The Hall–Kier alpha value is -2.73. The molecule has 2 aromatic rings. The van der Waals surface area contributed by atoms with Crippen LogP contribution in [0.25, 0.3) is 0 Å². The highest BCUT2D eigenvalue weighted by Gasteiger charge is 2.22. The molecule has 1 amide bonds. The Morgan fingerprint density at radius 3 is 2.39 bits per heavy atom. The van der Waals surface area contributed by atoms with E-state index < -0.39 is 0 Å². The second-order valence-electron chi connectivity index (χ2n) is 6.72. The van der Waals surface area contributed by atoms with Crippen LogP contribution in [0, 0.1) is 0 Å². The van der Waals surface area contributed by atoms with E-state index in [2.05, 4.69) is 11.8 Å². The van der Waals surface area contributed by atoms with Crippen molar-refractivity contribution in [2.45, 2.75) is 13.5 Å². The highest BCUT2D eigenvalue weighted by molar-refractivity contribution is 5.94. The first-order valence-electron chi connectivity index (χ1n) is 9.60. The van der Waals surface area contributed by atoms with Crippen LogP contribution in [0.5, 0.6) is 17.2 Å². The lowest BCUT2D eigenvalue weighted by Gasteiger charge is -2.34. The minimum absolute atomic E-state index is 0.0565. The van der Waals surface area contributed by atoms with Gasteiger partial charge in [0, 0.05) is 43.4 Å². The SMILES string of the molecule is CCN1CCN(C(=O)c2ccc(OC)c(COc3cccc(OC)c3)c2)CC1. The standard InChI is InChI=1S/C22H28N2O4/c1-4-23-10-12-24(13-11-23)22(25)17-8-9-21(27-3)18(14-17)16-28-20-7-5-6-19(15-20)26-2/h5-9,14-15H,4,10-13,16H2,1-3H3. The van der Waals surface area contributed by atoms with Crippen molar-refractivity contribution >= 4 is 5.91 Å². The zero-order chi connectivity index (χ0) is 19.9. The summed E-state index contributed by atoms with van der Waals surface area (Å²) in [5.74, 6) is 2.20. The molecule has 0 atom stereocenters. The molecule has 28 heavy (non-hydrogen) atoms. The number of likely N-dealkylation sites (N-methyl/N-ethyl adjacent to an activating group) is 1. The monoisotopic (exact) mass is 384 g/mol. The number of hydrogen-bond donors (Lipinski definition) is 0. The normalized spacial score (nSPS) is 14.6. The van der Waals surface area contributed by atoms with Gasteiger partial charge in [0.05, 0.1) is 14.2 Å². The van der Waals surface area contributed by atoms with E-state index in [1.54, 1.807) is 14.2 Å². The molecule has 2 aromatic carbocycles. The van der Waals surface area contributed by atoms with Gasteiger partial charge < -0.3 is 24.0 Å². The second-order valence-corrected chi connectivity index (χ2v) is 6.72. The molecule has 1 aliphatic heterocycles. The van der Waals surface area contributed by atoms with Gasteiger partial charge in [-0.1, -0.05) is 13.0 Å². The molecule has 0 bridgehead atoms. The predicted octanol–water partition coefficient (Wildman–Crippen LogP) is 3.06. The van der Waals surface area contributed by atoms with Crippen LogP contribution < -0.4 is 14.2 Å². The van der Waals surface area contributed by atoms with Crippen molar-refractivity contribution in [1.29, 1.82) is 0 Å². The van der Waals surface area contributed by atoms with Crippen molar-refractivity contribution in [2.24, 2.45) is 0 Å². The Labute approximate surface area is 166 Å². The first-order valence-corrected chi connectivity index (χ1v) is 9.60. The van der Waals surface area contributed by atoms with Crippen molar-refractivity contribution in [3.8, 4) is 17.2 Å². The fraction of sp³-hybridized carbons (Fsp3) is 0.409. The number of methoxy groups -OCH3 is 2. The van der Waals surface area contributed by atoms with Crippen LogP contribution in [0.2, 0.25) is 0 Å². The number of hydrogen-bond acceptors (Lipinski definition) is 5. The highest BCUT2D eigenvalue weighted by Crippen LogP contribution is 2.25. The lowest BCUT2D eigenvalue weighted by Crippen LogP contribution is -2.48. The molecule has 1 saturated heterocycles. The summed E-state index contributed by atoms with van der Waals surface area (Å²) >= 11 is 0. The molecule has 6 heteroatoms. The number of ether oxygens (including phenoxy) is 3. The van der Waals surface area contributed by atoms with Crippen LogP contribution in [-0.2, 0) is 6.61 Å². The van der Waals surface area contributed by atoms with E-state index in [0.717, 1.165) is 44.0 Å². The third-order valence-corrected chi connectivity index (χ3v) is 5.07. The molecule has 0 aromatic heterocycles. The Kier molecular flexibility index (Phi) is 6.76. The van der Waals surface area contributed by atoms with Gasteiger partial charge in [-0.2, -0.15) is 0 Å². The molecule has 150 valence electrons. The first kappa shape index (κ1) is 20.0. The Morgan fingerprint density at radius 2 is 1.71 bits per heavy atom. The summed E-state index contributed by atoms with van der Waals surface area (Å²) in [5, 5.41) is 0. The van der Waals surface area contributed by atoms with E-state index >= 15 is 0 Å². The maximum atomic E-state index is 12.9. The Bertz CT molecular complexity index is 801. The van der Waals surface area contributed by atoms with E-state index in [1.807, 2.05) is 47.4 Å². The lowest BCUT2D eigenvalue weighted by molar-refractivity contribution is 0.0643. The molecule has 0 N–H and O–H groups in total. The van der Waals surface area contributed by atoms with Gasteiger partial charge in [0.15, 0.2) is 0 Å². The minimum atomic E-state index is 0.0565. The van der Waals surface area contributed by atoms with Gasteiger partial charge in [-0.3, -0.25) is 4.79 Å². The number of carbonyl (C=O) groups is 1. The summed E-state index contributed by atoms with van der Waals surface area (Å²) in [6, 6.07) is 13.0. The summed E-state index contributed by atoms with van der Waals surface area (Å²) in [5.41, 5.74) is 1.50. The molecule has 0 radical (unpaired) electrons. The maximum absolute atomic E-state index is 12.9. The van der Waals surface area contributed by atoms with Gasteiger partial charge in [0.1, 0.15) is 23.9 Å². The molecule has 1 heterocycles. The molecule has 0 aliphatic carbocycles. The van der Waals surface area contributed by atoms with Crippen LogP contribution >= 0.6 is 0 Å². The van der Waals surface area contributed by atoms with Crippen molar-refractivity contribution in [3.63, 3.8) is 0 Å². The van der Waals surface area contributed by atoms with Crippen molar-refractivity contribution in [2.75, 3.05) is 46.9 Å². The first-order chi connectivity index (χ1) is 13.6. The summed E-state index contributed by atoms with van der Waals surface area (Å²) in [6.45, 7) is 6.84. The van der Waals surface area contributed by atoms with Crippen LogP contribution in [-0.4, -0.2) is 62.7 Å². The van der Waals surface area contributed by atoms with Crippen LogP contribution in [0.15, 0.2) is 42.5 Å². The highest BCUT2D eigenvalue weighted by atomic mass is 16.5. The van der Waals surface area contributed by atoms with Gasteiger partial charge in [0.25, 0.3) is 5.91 Å². The molecule has 1 aliphatic rings. The zero-order valence-corrected chi connectivity index (χ0v) is 16.8. The summed E-state index contributed by atoms with van der Waals surface area (Å²) in [7, 11) is 3.24. The number of benzene rings is 2. The fourth-order valence-corrected chi connectivity index (χ4v) is 3.33. The van der Waals surface area contributed by atoms with Crippen molar-refractivity contribution in [3.05, 3.63) is 53.6 Å². The molecule has 0 saturated carbocycles. The maximum Gasteiger partial charge on any atom is 0.253 e. The van der Waals surface area contributed by atoms with Gasteiger partial charge in [-0.05, 0) is 36.9 Å². The van der Waals surface area contributed by atoms with E-state index in [4.69, 9.17) is 14.2 Å². The minimum Gasteiger partial charge on any atom is -0.497 e. The summed E-state index contributed by atoms with van der Waals surface area (Å²) in [4.78, 5) is 17.2. The zero-order valence-electron chi connectivity index (χ0n) is 16.8. The second kappa shape index (κ2) is 9.46. The summed E-state index contributed by atoms with van der Waals surface area (Å²) in [6.07, 6.45) is 0. The topological polar surface area (TPSA) is 51.2 Å². The van der Waals surface area contributed by atoms with Gasteiger partial charge in [-0.15, -0.1) is 0 Å². The van der Waals surface area contributed by atoms with E-state index in [0.29, 0.717) is 23.7 Å². The largest absolute Gasteiger partial charge is 0.497 e. The average molecular weight is 384 g/mol. The van der Waals surface area contributed by atoms with Crippen molar-refractivity contribution < 1.29 is 19.0 Å².